The van der Waals surface area contributed by atoms with Crippen molar-refractivity contribution < 1.29 is 4.74 Å². The number of halogens is 1. The molecule has 2 heterocycles. The molecule has 1 fully saturated rings. The van der Waals surface area contributed by atoms with Crippen molar-refractivity contribution in [3.8, 4) is 0 Å². The molecule has 0 saturated carbocycles. The van der Waals surface area contributed by atoms with E-state index in [0.29, 0.717) is 12.2 Å². The highest BCUT2D eigenvalue weighted by Gasteiger charge is 2.21. The molecular weight excluding hydrogens is 473 g/mol. The van der Waals surface area contributed by atoms with Crippen LogP contribution in [0.2, 0.25) is 0 Å². The Hall–Kier alpha value is -0.450. The van der Waals surface area contributed by atoms with Gasteiger partial charge in [0.15, 0.2) is 5.96 Å². The Morgan fingerprint density at radius 2 is 1.96 bits per heavy atom. The lowest BCUT2D eigenvalue weighted by Crippen LogP contribution is -2.45. The molecule has 0 amide bonds. The van der Waals surface area contributed by atoms with E-state index in [1.54, 1.807) is 11.3 Å². The van der Waals surface area contributed by atoms with Crippen molar-refractivity contribution in [2.24, 2.45) is 4.99 Å². The highest BCUT2D eigenvalue weighted by atomic mass is 127. The fourth-order valence-corrected chi connectivity index (χ4v) is 4.16. The number of thiazole rings is 1. The summed E-state index contributed by atoms with van der Waals surface area (Å²) in [5.41, 5.74) is 1.15. The van der Waals surface area contributed by atoms with E-state index in [-0.39, 0.29) is 24.0 Å². The van der Waals surface area contributed by atoms with Crippen LogP contribution in [0.5, 0.6) is 0 Å². The molecule has 0 spiro atoms. The Labute approximate surface area is 185 Å². The highest BCUT2D eigenvalue weighted by molar-refractivity contribution is 14.0. The summed E-state index contributed by atoms with van der Waals surface area (Å²) in [5.74, 6) is 0.904. The largest absolute Gasteiger partial charge is 0.373 e. The van der Waals surface area contributed by atoms with Crippen LogP contribution < -0.4 is 10.6 Å². The van der Waals surface area contributed by atoms with Crippen molar-refractivity contribution in [2.75, 3.05) is 39.3 Å². The average molecular weight is 510 g/mol. The maximum atomic E-state index is 5.79. The molecule has 0 radical (unpaired) electrons. The van der Waals surface area contributed by atoms with Gasteiger partial charge in [-0.15, -0.1) is 35.3 Å². The maximum Gasteiger partial charge on any atom is 0.191 e. The fraction of sp³-hybridized carbons (Fsp3) is 0.789. The smallest absolute Gasteiger partial charge is 0.191 e. The highest BCUT2D eigenvalue weighted by Crippen LogP contribution is 2.16. The zero-order chi connectivity index (χ0) is 18.9. The first kappa shape index (κ1) is 24.6. The van der Waals surface area contributed by atoms with Gasteiger partial charge in [-0.3, -0.25) is 9.89 Å². The normalized spacial score (nSPS) is 21.0. The Morgan fingerprint density at radius 3 is 2.56 bits per heavy atom. The summed E-state index contributed by atoms with van der Waals surface area (Å²) in [6.45, 7) is 16.3. The van der Waals surface area contributed by atoms with E-state index in [1.807, 2.05) is 0 Å². The number of morpholine rings is 1. The van der Waals surface area contributed by atoms with Gasteiger partial charge in [-0.1, -0.05) is 0 Å². The Morgan fingerprint density at radius 1 is 1.26 bits per heavy atom. The van der Waals surface area contributed by atoms with E-state index >= 15 is 0 Å². The molecule has 2 rings (SSSR count). The number of aromatic nitrogens is 1. The first-order valence-corrected chi connectivity index (χ1v) is 10.6. The molecule has 2 N–H and O–H groups in total. The predicted octanol–water partition coefficient (Wildman–Crippen LogP) is 2.97. The second-order valence-corrected chi connectivity index (χ2v) is 8.34. The third-order valence-electron chi connectivity index (χ3n) is 4.45. The first-order chi connectivity index (χ1) is 12.5. The Bertz CT molecular complexity index is 551. The summed E-state index contributed by atoms with van der Waals surface area (Å²) in [7, 11) is 0. The number of ether oxygens (including phenoxy) is 1. The molecule has 6 nitrogen and oxygen atoms in total. The van der Waals surface area contributed by atoms with E-state index in [4.69, 9.17) is 9.73 Å². The summed E-state index contributed by atoms with van der Waals surface area (Å²) in [6.07, 6.45) is 2.67. The van der Waals surface area contributed by atoms with Gasteiger partial charge in [0.1, 0.15) is 0 Å². The zero-order valence-corrected chi connectivity index (χ0v) is 20.5. The molecule has 1 aromatic heterocycles. The van der Waals surface area contributed by atoms with Crippen LogP contribution in [0.25, 0.3) is 0 Å². The molecular formula is C19H36IN5OS. The van der Waals surface area contributed by atoms with Crippen LogP contribution in [-0.4, -0.2) is 67.3 Å². The SMILES string of the molecule is CCNC(=NCCCN1CC(C)OC(C)C1)NCCc1nc(C)c(C)s1.I. The number of guanidine groups is 1. The number of hydrogen-bond donors (Lipinski definition) is 2. The Balaban J connectivity index is 0.00000364. The number of nitrogens with one attached hydrogen (secondary N) is 2. The number of aryl methyl sites for hydroxylation is 2. The van der Waals surface area contributed by atoms with E-state index < -0.39 is 0 Å². The van der Waals surface area contributed by atoms with Crippen LogP contribution >= 0.6 is 35.3 Å². The molecule has 1 aromatic rings. The molecule has 2 atom stereocenters. The van der Waals surface area contributed by atoms with Crippen molar-refractivity contribution in [2.45, 2.75) is 59.7 Å². The van der Waals surface area contributed by atoms with Crippen LogP contribution in [0.1, 0.15) is 42.8 Å². The molecule has 8 heteroatoms. The summed E-state index contributed by atoms with van der Waals surface area (Å²) >= 11 is 1.79. The minimum absolute atomic E-state index is 0. The van der Waals surface area contributed by atoms with Crippen LogP contribution in [0, 0.1) is 13.8 Å². The van der Waals surface area contributed by atoms with Gasteiger partial charge < -0.3 is 15.4 Å². The number of nitrogens with zero attached hydrogens (tertiary/aromatic N) is 3. The monoisotopic (exact) mass is 509 g/mol. The second kappa shape index (κ2) is 12.9. The minimum Gasteiger partial charge on any atom is -0.373 e. The van der Waals surface area contributed by atoms with Crippen molar-refractivity contribution in [1.82, 2.24) is 20.5 Å². The van der Waals surface area contributed by atoms with E-state index in [1.165, 1.54) is 9.88 Å². The van der Waals surface area contributed by atoms with Gasteiger partial charge in [0.25, 0.3) is 0 Å². The zero-order valence-electron chi connectivity index (χ0n) is 17.4. The molecule has 156 valence electrons. The van der Waals surface area contributed by atoms with Crippen molar-refractivity contribution in [3.05, 3.63) is 15.6 Å². The molecule has 1 aliphatic heterocycles. The van der Waals surface area contributed by atoms with Crippen molar-refractivity contribution in [3.63, 3.8) is 0 Å². The van der Waals surface area contributed by atoms with E-state index in [2.05, 4.69) is 55.1 Å². The molecule has 0 aliphatic carbocycles. The first-order valence-electron chi connectivity index (χ1n) is 9.80. The molecule has 0 bridgehead atoms. The Kier molecular flexibility index (Phi) is 11.7. The van der Waals surface area contributed by atoms with Crippen LogP contribution in [0.4, 0.5) is 0 Å². The summed E-state index contributed by atoms with van der Waals surface area (Å²) < 4.78 is 5.79. The lowest BCUT2D eigenvalue weighted by molar-refractivity contribution is -0.0679. The maximum absolute atomic E-state index is 5.79. The van der Waals surface area contributed by atoms with Gasteiger partial charge in [0, 0.05) is 50.6 Å². The molecule has 1 aliphatic rings. The number of hydrogen-bond acceptors (Lipinski definition) is 5. The number of aliphatic imine (C=N–C) groups is 1. The fourth-order valence-electron chi connectivity index (χ4n) is 3.23. The van der Waals surface area contributed by atoms with E-state index in [0.717, 1.165) is 63.8 Å². The lowest BCUT2D eigenvalue weighted by atomic mass is 10.2. The number of rotatable bonds is 8. The molecule has 27 heavy (non-hydrogen) atoms. The van der Waals surface area contributed by atoms with Gasteiger partial charge in [0.2, 0.25) is 0 Å². The standard InChI is InChI=1S/C19H35N5OS.HI/c1-6-20-19(22-10-8-18-23-16(4)17(5)26-18)21-9-7-11-24-12-14(2)25-15(3)13-24;/h14-15H,6-13H2,1-5H3,(H2,20,21,22);1H. The third-order valence-corrected chi connectivity index (χ3v) is 5.58. The quantitative estimate of drug-likeness (QED) is 0.244. The van der Waals surface area contributed by atoms with Gasteiger partial charge >= 0.3 is 0 Å². The van der Waals surface area contributed by atoms with Crippen LogP contribution in [-0.2, 0) is 11.2 Å². The summed E-state index contributed by atoms with van der Waals surface area (Å²) in [4.78, 5) is 13.1. The molecule has 0 aromatic carbocycles. The average Bonchev–Trinajstić information content (AvgIpc) is 2.88. The third kappa shape index (κ3) is 9.06. The molecule has 1 saturated heterocycles. The van der Waals surface area contributed by atoms with Crippen LogP contribution in [0.15, 0.2) is 4.99 Å². The van der Waals surface area contributed by atoms with Crippen molar-refractivity contribution >= 4 is 41.3 Å². The van der Waals surface area contributed by atoms with Crippen LogP contribution in [0.3, 0.4) is 0 Å². The second-order valence-electron chi connectivity index (χ2n) is 7.06. The molecule has 2 unspecified atom stereocenters. The summed E-state index contributed by atoms with van der Waals surface area (Å²) in [5, 5.41) is 7.94. The minimum atomic E-state index is 0. The topological polar surface area (TPSA) is 61.8 Å². The van der Waals surface area contributed by atoms with Gasteiger partial charge in [-0.2, -0.15) is 0 Å². The van der Waals surface area contributed by atoms with Gasteiger partial charge in [0.05, 0.1) is 22.9 Å². The lowest BCUT2D eigenvalue weighted by Gasteiger charge is -2.35. The van der Waals surface area contributed by atoms with Gasteiger partial charge in [-0.25, -0.2) is 4.98 Å². The van der Waals surface area contributed by atoms with Gasteiger partial charge in [-0.05, 0) is 41.0 Å². The predicted molar refractivity (Wildman–Crippen MR) is 126 cm³/mol. The summed E-state index contributed by atoms with van der Waals surface area (Å²) in [6, 6.07) is 0. The van der Waals surface area contributed by atoms with E-state index in [9.17, 15) is 0 Å². The van der Waals surface area contributed by atoms with Crippen molar-refractivity contribution in [1.29, 1.82) is 0 Å².